The van der Waals surface area contributed by atoms with Gasteiger partial charge in [-0.1, -0.05) is 12.1 Å². The van der Waals surface area contributed by atoms with Crippen LogP contribution in [0.4, 0.5) is 0 Å². The number of hydrogen-bond donors (Lipinski definition) is 1. The van der Waals surface area contributed by atoms with Crippen molar-refractivity contribution in [1.82, 2.24) is 24.6 Å². The summed E-state index contributed by atoms with van der Waals surface area (Å²) < 4.78 is 4.13. The molecule has 5 nitrogen and oxygen atoms in total. The lowest BCUT2D eigenvalue weighted by atomic mass is 10.3. The van der Waals surface area contributed by atoms with E-state index in [4.69, 9.17) is 4.98 Å². The average Bonchev–Trinajstić information content (AvgIpc) is 3.12. The van der Waals surface area contributed by atoms with Crippen molar-refractivity contribution in [1.29, 1.82) is 0 Å². The summed E-state index contributed by atoms with van der Waals surface area (Å²) in [5.74, 6) is 1.08. The van der Waals surface area contributed by atoms with E-state index in [9.17, 15) is 0 Å². The van der Waals surface area contributed by atoms with Gasteiger partial charge in [0, 0.05) is 26.0 Å². The Labute approximate surface area is 124 Å². The number of para-hydroxylation sites is 2. The summed E-state index contributed by atoms with van der Waals surface area (Å²) in [5.41, 5.74) is 2.23. The molecule has 1 atom stereocenters. The third-order valence-electron chi connectivity index (χ3n) is 3.78. The number of nitrogens with zero attached hydrogens (tertiary/aromatic N) is 4. The zero-order valence-electron chi connectivity index (χ0n) is 12.5. The van der Waals surface area contributed by atoms with Gasteiger partial charge in [-0.05, 0) is 38.1 Å². The standard InChI is InChI=1S/C16H21N5/c1-13(17-9-5-11-21-12-6-10-18-21)16-19-14-7-3-4-8-15(14)20(16)2/h3-4,6-8,10,12-13,17H,5,9,11H2,1-2H3. The second-order valence-electron chi connectivity index (χ2n) is 5.32. The fraction of sp³-hybridized carbons (Fsp3) is 0.375. The Hall–Kier alpha value is -2.14. The summed E-state index contributed by atoms with van der Waals surface area (Å²) in [5, 5.41) is 7.75. The van der Waals surface area contributed by atoms with Crippen LogP contribution in [-0.2, 0) is 13.6 Å². The third kappa shape index (κ3) is 2.97. The van der Waals surface area contributed by atoms with Crippen LogP contribution in [0.15, 0.2) is 42.7 Å². The smallest absolute Gasteiger partial charge is 0.126 e. The van der Waals surface area contributed by atoms with Crippen LogP contribution in [0.5, 0.6) is 0 Å². The zero-order valence-corrected chi connectivity index (χ0v) is 12.5. The fourth-order valence-electron chi connectivity index (χ4n) is 2.64. The Morgan fingerprint density at radius 1 is 1.24 bits per heavy atom. The normalized spacial score (nSPS) is 12.9. The maximum Gasteiger partial charge on any atom is 0.126 e. The van der Waals surface area contributed by atoms with Crippen molar-refractivity contribution in [3.05, 3.63) is 48.5 Å². The highest BCUT2D eigenvalue weighted by atomic mass is 15.3. The Morgan fingerprint density at radius 3 is 2.86 bits per heavy atom. The van der Waals surface area contributed by atoms with Gasteiger partial charge in [-0.2, -0.15) is 5.10 Å². The molecule has 2 heterocycles. The molecule has 21 heavy (non-hydrogen) atoms. The Bertz CT molecular complexity index is 699. The minimum Gasteiger partial charge on any atom is -0.330 e. The molecule has 3 rings (SSSR count). The van der Waals surface area contributed by atoms with Gasteiger partial charge in [0.25, 0.3) is 0 Å². The SMILES string of the molecule is CC(NCCCn1cccn1)c1nc2ccccc2n1C. The first-order chi connectivity index (χ1) is 10.3. The van der Waals surface area contributed by atoms with E-state index in [-0.39, 0.29) is 6.04 Å². The molecule has 0 saturated heterocycles. The molecule has 2 aromatic heterocycles. The molecule has 0 aliphatic heterocycles. The molecule has 0 radical (unpaired) electrons. The van der Waals surface area contributed by atoms with Gasteiger partial charge in [0.05, 0.1) is 17.1 Å². The number of imidazole rings is 1. The highest BCUT2D eigenvalue weighted by Crippen LogP contribution is 2.18. The van der Waals surface area contributed by atoms with Crippen LogP contribution in [0.3, 0.4) is 0 Å². The number of aryl methyl sites for hydroxylation is 2. The monoisotopic (exact) mass is 283 g/mol. The zero-order chi connectivity index (χ0) is 14.7. The van der Waals surface area contributed by atoms with Crippen LogP contribution in [-0.4, -0.2) is 25.9 Å². The van der Waals surface area contributed by atoms with E-state index in [2.05, 4.69) is 47.2 Å². The highest BCUT2D eigenvalue weighted by molar-refractivity contribution is 5.75. The molecule has 0 fully saturated rings. The molecule has 0 bridgehead atoms. The van der Waals surface area contributed by atoms with Crippen molar-refractivity contribution in [3.63, 3.8) is 0 Å². The van der Waals surface area contributed by atoms with E-state index >= 15 is 0 Å². The van der Waals surface area contributed by atoms with Gasteiger partial charge in [0.1, 0.15) is 5.82 Å². The Balaban J connectivity index is 1.59. The van der Waals surface area contributed by atoms with Crippen molar-refractivity contribution in [3.8, 4) is 0 Å². The Morgan fingerprint density at radius 2 is 2.10 bits per heavy atom. The molecule has 1 aromatic carbocycles. The first kappa shape index (κ1) is 13.8. The molecule has 110 valence electrons. The number of nitrogens with one attached hydrogen (secondary N) is 1. The lowest BCUT2D eigenvalue weighted by Gasteiger charge is -2.13. The molecular weight excluding hydrogens is 262 g/mol. The van der Waals surface area contributed by atoms with Crippen molar-refractivity contribution in [2.45, 2.75) is 25.9 Å². The first-order valence-corrected chi connectivity index (χ1v) is 7.38. The minimum atomic E-state index is 0.236. The lowest BCUT2D eigenvalue weighted by molar-refractivity contribution is 0.488. The summed E-state index contributed by atoms with van der Waals surface area (Å²) in [7, 11) is 2.08. The van der Waals surface area contributed by atoms with Crippen LogP contribution in [0.1, 0.15) is 25.2 Å². The molecule has 1 unspecified atom stereocenters. The summed E-state index contributed by atoms with van der Waals surface area (Å²) >= 11 is 0. The van der Waals surface area contributed by atoms with Crippen molar-refractivity contribution < 1.29 is 0 Å². The van der Waals surface area contributed by atoms with Gasteiger partial charge in [-0.3, -0.25) is 4.68 Å². The van der Waals surface area contributed by atoms with Crippen LogP contribution in [0, 0.1) is 0 Å². The van der Waals surface area contributed by atoms with Gasteiger partial charge in [0.2, 0.25) is 0 Å². The molecule has 3 aromatic rings. The van der Waals surface area contributed by atoms with Gasteiger partial charge in [0.15, 0.2) is 0 Å². The quantitative estimate of drug-likeness (QED) is 0.707. The highest BCUT2D eigenvalue weighted by Gasteiger charge is 2.13. The van der Waals surface area contributed by atoms with Gasteiger partial charge in [-0.15, -0.1) is 0 Å². The fourth-order valence-corrected chi connectivity index (χ4v) is 2.64. The summed E-state index contributed by atoms with van der Waals surface area (Å²) in [4.78, 5) is 4.72. The summed E-state index contributed by atoms with van der Waals surface area (Å²) in [6, 6.07) is 10.4. The second kappa shape index (κ2) is 6.10. The van der Waals surface area contributed by atoms with Crippen LogP contribution >= 0.6 is 0 Å². The number of rotatable bonds is 6. The van der Waals surface area contributed by atoms with E-state index in [1.165, 1.54) is 5.52 Å². The minimum absolute atomic E-state index is 0.236. The predicted octanol–water partition coefficient (Wildman–Crippen LogP) is 2.51. The van der Waals surface area contributed by atoms with E-state index < -0.39 is 0 Å². The topological polar surface area (TPSA) is 47.7 Å². The number of benzene rings is 1. The Kier molecular flexibility index (Phi) is 4.01. The van der Waals surface area contributed by atoms with Gasteiger partial charge in [-0.25, -0.2) is 4.98 Å². The summed E-state index contributed by atoms with van der Waals surface area (Å²) in [6.45, 7) is 4.05. The second-order valence-corrected chi connectivity index (χ2v) is 5.32. The van der Waals surface area contributed by atoms with Crippen LogP contribution in [0.2, 0.25) is 0 Å². The molecular formula is C16H21N5. The molecule has 5 heteroatoms. The molecule has 0 aliphatic carbocycles. The molecule has 0 amide bonds. The van der Waals surface area contributed by atoms with Crippen molar-refractivity contribution >= 4 is 11.0 Å². The van der Waals surface area contributed by atoms with E-state index in [1.807, 2.05) is 29.2 Å². The number of aromatic nitrogens is 4. The third-order valence-corrected chi connectivity index (χ3v) is 3.78. The van der Waals surface area contributed by atoms with Crippen molar-refractivity contribution in [2.24, 2.45) is 7.05 Å². The largest absolute Gasteiger partial charge is 0.330 e. The summed E-state index contributed by atoms with van der Waals surface area (Å²) in [6.07, 6.45) is 4.86. The van der Waals surface area contributed by atoms with Gasteiger partial charge >= 0.3 is 0 Å². The maximum absolute atomic E-state index is 4.72. The molecule has 0 spiro atoms. The number of fused-ring (bicyclic) bond motifs is 1. The van der Waals surface area contributed by atoms with E-state index in [1.54, 1.807) is 0 Å². The van der Waals surface area contributed by atoms with Crippen LogP contribution in [0.25, 0.3) is 11.0 Å². The van der Waals surface area contributed by atoms with Crippen LogP contribution < -0.4 is 5.32 Å². The van der Waals surface area contributed by atoms with E-state index in [0.717, 1.165) is 30.9 Å². The average molecular weight is 283 g/mol. The number of hydrogen-bond acceptors (Lipinski definition) is 3. The maximum atomic E-state index is 4.72. The lowest BCUT2D eigenvalue weighted by Crippen LogP contribution is -2.23. The van der Waals surface area contributed by atoms with Crippen molar-refractivity contribution in [2.75, 3.05) is 6.54 Å². The van der Waals surface area contributed by atoms with Gasteiger partial charge < -0.3 is 9.88 Å². The first-order valence-electron chi connectivity index (χ1n) is 7.38. The molecule has 0 aliphatic rings. The van der Waals surface area contributed by atoms with E-state index in [0.29, 0.717) is 0 Å². The molecule has 1 N–H and O–H groups in total. The predicted molar refractivity (Wildman–Crippen MR) is 84.0 cm³/mol. The molecule has 0 saturated carbocycles.